The zero-order valence-electron chi connectivity index (χ0n) is 24.5. The largest absolute Gasteiger partial charge is 0.458 e. The molecule has 1 aromatic heterocycles. The highest BCUT2D eigenvalue weighted by atomic mass is 16.7. The van der Waals surface area contributed by atoms with Crippen molar-refractivity contribution >= 4 is 5.97 Å². The summed E-state index contributed by atoms with van der Waals surface area (Å²) >= 11 is 0. The molecular weight excluding hydrogens is 588 g/mol. The number of carbonyl (C=O) groups excluding carboxylic acids is 1. The van der Waals surface area contributed by atoms with E-state index in [4.69, 9.17) is 32.8 Å². The van der Waals surface area contributed by atoms with E-state index in [1.807, 2.05) is 20.8 Å². The van der Waals surface area contributed by atoms with Crippen LogP contribution < -0.4 is 5.63 Å². The zero-order chi connectivity index (χ0) is 31.6. The number of carbonyl (C=O) groups is 1. The summed E-state index contributed by atoms with van der Waals surface area (Å²) in [7, 11) is 0. The van der Waals surface area contributed by atoms with Gasteiger partial charge < -0.3 is 63.5 Å². The Morgan fingerprint density at radius 3 is 2.23 bits per heavy atom. The predicted molar refractivity (Wildman–Crippen MR) is 141 cm³/mol. The number of aliphatic hydroxyl groups is 6. The Morgan fingerprint density at radius 2 is 1.52 bits per heavy atom. The van der Waals surface area contributed by atoms with Crippen molar-refractivity contribution in [3.8, 4) is 0 Å². The minimum atomic E-state index is -1.71. The Balaban J connectivity index is 1.22. The number of rotatable bonds is 5. The van der Waals surface area contributed by atoms with Gasteiger partial charge in [0.25, 0.3) is 0 Å². The Hall–Kier alpha value is -2.02. The molecule has 0 radical (unpaired) electrons. The molecule has 0 spiro atoms. The molecule has 1 saturated carbocycles. The van der Waals surface area contributed by atoms with Crippen molar-refractivity contribution in [2.24, 2.45) is 11.3 Å². The molecule has 6 N–H and O–H groups in total. The lowest BCUT2D eigenvalue weighted by Gasteiger charge is -2.53. The topological polar surface area (TPSA) is 227 Å². The van der Waals surface area contributed by atoms with Crippen molar-refractivity contribution in [2.75, 3.05) is 13.2 Å². The normalized spacial score (nSPS) is 50.9. The molecule has 1 aromatic rings. The van der Waals surface area contributed by atoms with Gasteiger partial charge >= 0.3 is 11.6 Å². The molecule has 244 valence electrons. The van der Waals surface area contributed by atoms with E-state index in [1.165, 1.54) is 6.07 Å². The molecular formula is C29H38O15. The number of esters is 1. The van der Waals surface area contributed by atoms with Crippen LogP contribution in [-0.4, -0.2) is 123 Å². The number of epoxide rings is 1. The zero-order valence-corrected chi connectivity index (χ0v) is 24.5. The molecule has 5 fully saturated rings. The molecule has 15 nitrogen and oxygen atoms in total. The first-order valence-electron chi connectivity index (χ1n) is 14.9. The average molecular weight is 627 g/mol. The van der Waals surface area contributed by atoms with Crippen LogP contribution in [0.2, 0.25) is 0 Å². The second kappa shape index (κ2) is 10.2. The number of aliphatic hydroxyl groups excluding tert-OH is 6. The lowest BCUT2D eigenvalue weighted by Crippen LogP contribution is -2.63. The molecule has 0 aromatic carbocycles. The molecule has 15 heteroatoms. The van der Waals surface area contributed by atoms with Gasteiger partial charge in [-0.05, 0) is 12.5 Å². The average Bonchev–Trinajstić information content (AvgIpc) is 3.74. The highest BCUT2D eigenvalue weighted by Crippen LogP contribution is 2.69. The van der Waals surface area contributed by atoms with Gasteiger partial charge in [0.1, 0.15) is 66.1 Å². The summed E-state index contributed by atoms with van der Waals surface area (Å²) in [6.45, 7) is 6.49. The summed E-state index contributed by atoms with van der Waals surface area (Å²) in [5.74, 6) is -1.37. The van der Waals surface area contributed by atoms with Gasteiger partial charge in [-0.3, -0.25) is 4.79 Å². The molecule has 0 amide bonds. The highest BCUT2D eigenvalue weighted by Gasteiger charge is 2.80. The minimum Gasteiger partial charge on any atom is -0.458 e. The van der Waals surface area contributed by atoms with Crippen molar-refractivity contribution in [1.29, 1.82) is 0 Å². The second-order valence-electron chi connectivity index (χ2n) is 13.5. The first-order valence-corrected chi connectivity index (χ1v) is 14.9. The van der Waals surface area contributed by atoms with Crippen LogP contribution in [0.15, 0.2) is 15.3 Å². The van der Waals surface area contributed by atoms with E-state index in [0.29, 0.717) is 16.9 Å². The molecule has 16 atom stereocenters. The first kappa shape index (κ1) is 30.6. The van der Waals surface area contributed by atoms with Crippen LogP contribution in [0.3, 0.4) is 0 Å². The van der Waals surface area contributed by atoms with Gasteiger partial charge in [0.15, 0.2) is 12.6 Å². The van der Waals surface area contributed by atoms with E-state index in [-0.39, 0.29) is 19.1 Å². The minimum absolute atomic E-state index is 0.293. The summed E-state index contributed by atoms with van der Waals surface area (Å²) in [4.78, 5) is 26.4. The molecule has 16 unspecified atom stereocenters. The molecule has 6 aliphatic rings. The third-order valence-corrected chi connectivity index (χ3v) is 10.5. The third kappa shape index (κ3) is 4.08. The number of hydrogen-bond donors (Lipinski definition) is 6. The maximum Gasteiger partial charge on any atom is 0.336 e. The van der Waals surface area contributed by atoms with Crippen molar-refractivity contribution in [1.82, 2.24) is 0 Å². The first-order chi connectivity index (χ1) is 20.7. The molecule has 2 aliphatic carbocycles. The molecule has 7 rings (SSSR count). The van der Waals surface area contributed by atoms with Crippen LogP contribution in [0.5, 0.6) is 0 Å². The van der Waals surface area contributed by atoms with Crippen LogP contribution >= 0.6 is 0 Å². The Morgan fingerprint density at radius 1 is 0.864 bits per heavy atom. The van der Waals surface area contributed by atoms with Crippen molar-refractivity contribution in [3.05, 3.63) is 33.4 Å². The van der Waals surface area contributed by atoms with Gasteiger partial charge in [0.2, 0.25) is 0 Å². The maximum atomic E-state index is 13.5. The molecule has 4 aliphatic heterocycles. The summed E-state index contributed by atoms with van der Waals surface area (Å²) in [5, 5.41) is 63.2. The highest BCUT2D eigenvalue weighted by molar-refractivity contribution is 5.82. The van der Waals surface area contributed by atoms with E-state index in [0.717, 1.165) is 0 Å². The van der Waals surface area contributed by atoms with Crippen LogP contribution in [0.4, 0.5) is 0 Å². The smallest absolute Gasteiger partial charge is 0.336 e. The van der Waals surface area contributed by atoms with Crippen molar-refractivity contribution < 1.29 is 68.3 Å². The van der Waals surface area contributed by atoms with Gasteiger partial charge in [-0.25, -0.2) is 4.79 Å². The standard InChI is InChI=1S/C29H38O15/c1-8(2)18-13-9(5-12(31)41-18)28(3)22-20(44-27(37)29(22,4)23(36)21-24(28)42-21)19(13)43-26-17(35)15(33)11(7-39-26)40-25-16(34)14(32)10(30)6-38-25/h5,8,10-11,14-17,19-26,30,32-36H,6-7H2,1-4H3. The van der Waals surface area contributed by atoms with Gasteiger partial charge in [-0.15, -0.1) is 0 Å². The van der Waals surface area contributed by atoms with Gasteiger partial charge in [0, 0.05) is 28.9 Å². The van der Waals surface area contributed by atoms with Crippen molar-refractivity contribution in [2.45, 2.75) is 119 Å². The van der Waals surface area contributed by atoms with Crippen LogP contribution in [-0.2, 0) is 38.6 Å². The van der Waals surface area contributed by atoms with Crippen LogP contribution in [0.25, 0.3) is 0 Å². The van der Waals surface area contributed by atoms with E-state index in [2.05, 4.69) is 0 Å². The predicted octanol–water partition coefficient (Wildman–Crippen LogP) is -2.32. The Kier molecular flexibility index (Phi) is 7.13. The lowest BCUT2D eigenvalue weighted by atomic mass is 9.48. The van der Waals surface area contributed by atoms with E-state index in [9.17, 15) is 40.2 Å². The van der Waals surface area contributed by atoms with E-state index in [1.54, 1.807) is 6.92 Å². The van der Waals surface area contributed by atoms with Gasteiger partial charge in [-0.2, -0.15) is 0 Å². The lowest BCUT2D eigenvalue weighted by molar-refractivity contribution is -0.336. The fraction of sp³-hybridized carbons (Fsp3) is 0.793. The summed E-state index contributed by atoms with van der Waals surface area (Å²) < 4.78 is 40.6. The number of hydrogen-bond acceptors (Lipinski definition) is 15. The molecule has 4 saturated heterocycles. The van der Waals surface area contributed by atoms with E-state index >= 15 is 0 Å². The fourth-order valence-electron chi connectivity index (χ4n) is 8.20. The van der Waals surface area contributed by atoms with Gasteiger partial charge in [0.05, 0.1) is 25.4 Å². The SMILES string of the molecule is CC(C)c1oc(=O)cc2c1C(OC1OCC(OC3OCC(O)C(O)C3O)C(O)C1O)C1OC(=O)C3(C)C(O)C4OC4C2(C)C13. The summed E-state index contributed by atoms with van der Waals surface area (Å²) in [6.07, 6.45) is -16.4. The van der Waals surface area contributed by atoms with Crippen molar-refractivity contribution in [3.63, 3.8) is 0 Å². The summed E-state index contributed by atoms with van der Waals surface area (Å²) in [6, 6.07) is 1.35. The monoisotopic (exact) mass is 626 g/mol. The molecule has 0 bridgehead atoms. The van der Waals surface area contributed by atoms with E-state index < -0.39 is 108 Å². The van der Waals surface area contributed by atoms with Crippen LogP contribution in [0.1, 0.15) is 56.6 Å². The van der Waals surface area contributed by atoms with Crippen LogP contribution in [0, 0.1) is 11.3 Å². The number of ether oxygens (including phenoxy) is 6. The quantitative estimate of drug-likeness (QED) is 0.149. The maximum absolute atomic E-state index is 13.5. The Bertz CT molecular complexity index is 1380. The molecule has 5 heterocycles. The van der Waals surface area contributed by atoms with Gasteiger partial charge in [-0.1, -0.05) is 20.8 Å². The summed E-state index contributed by atoms with van der Waals surface area (Å²) in [5.41, 5.74) is -1.96. The fourth-order valence-corrected chi connectivity index (χ4v) is 8.20. The third-order valence-electron chi connectivity index (χ3n) is 10.5. The molecule has 44 heavy (non-hydrogen) atoms. The second-order valence-corrected chi connectivity index (χ2v) is 13.5. The Labute approximate surface area is 251 Å². The number of fused-ring (bicyclic) bond motifs is 4.